The topological polar surface area (TPSA) is 66.4 Å². The first-order valence-corrected chi connectivity index (χ1v) is 8.61. The molecule has 5 fully saturated rings. The molecule has 1 N–H and O–H groups in total. The molecule has 5 rings (SSSR count). The molecule has 130 valence electrons. The number of rotatable bonds is 3. The van der Waals surface area contributed by atoms with Crippen molar-refractivity contribution in [3.05, 3.63) is 12.2 Å². The third kappa shape index (κ3) is 2.23. The second-order valence-electron chi connectivity index (χ2n) is 7.49. The van der Waals surface area contributed by atoms with E-state index in [1.807, 2.05) is 6.92 Å². The second-order valence-corrected chi connectivity index (χ2v) is 7.49. The molecular formula is C17H26O6. The van der Waals surface area contributed by atoms with Gasteiger partial charge in [0.1, 0.15) is 0 Å². The molecule has 1 unspecified atom stereocenters. The van der Waals surface area contributed by atoms with Crippen molar-refractivity contribution in [1.82, 2.24) is 0 Å². The van der Waals surface area contributed by atoms with E-state index < -0.39 is 24.0 Å². The largest absolute Gasteiger partial charge is 0.394 e. The van der Waals surface area contributed by atoms with Gasteiger partial charge in [0.25, 0.3) is 0 Å². The molecule has 0 radical (unpaired) electrons. The van der Waals surface area contributed by atoms with Crippen LogP contribution in [0.15, 0.2) is 12.2 Å². The molecule has 6 nitrogen and oxygen atoms in total. The van der Waals surface area contributed by atoms with Crippen molar-refractivity contribution in [1.29, 1.82) is 0 Å². The lowest BCUT2D eigenvalue weighted by atomic mass is 9.59. The first kappa shape index (κ1) is 16.0. The van der Waals surface area contributed by atoms with Gasteiger partial charge >= 0.3 is 0 Å². The van der Waals surface area contributed by atoms with Crippen LogP contribution in [0.4, 0.5) is 0 Å². The van der Waals surface area contributed by atoms with E-state index in [9.17, 15) is 0 Å². The zero-order chi connectivity index (χ0) is 16.2. The maximum absolute atomic E-state index is 9.03. The van der Waals surface area contributed by atoms with E-state index in [2.05, 4.69) is 13.5 Å². The maximum atomic E-state index is 9.03. The number of hydrogen-bond donors (Lipinski definition) is 1. The Bertz CT molecular complexity index is 495. The fourth-order valence-corrected chi connectivity index (χ4v) is 4.86. The minimum absolute atomic E-state index is 0.0501. The molecule has 4 aliphatic heterocycles. The van der Waals surface area contributed by atoms with Gasteiger partial charge in [-0.2, -0.15) is 0 Å². The van der Waals surface area contributed by atoms with Crippen molar-refractivity contribution < 1.29 is 29.1 Å². The van der Waals surface area contributed by atoms with E-state index in [1.165, 1.54) is 0 Å². The van der Waals surface area contributed by atoms with Gasteiger partial charge in [-0.25, -0.2) is 9.78 Å². The Morgan fingerprint density at radius 2 is 2.13 bits per heavy atom. The fourth-order valence-electron chi connectivity index (χ4n) is 4.86. The molecule has 1 aliphatic carbocycles. The molecular weight excluding hydrogens is 300 g/mol. The monoisotopic (exact) mass is 326 g/mol. The summed E-state index contributed by atoms with van der Waals surface area (Å²) in [6, 6.07) is 0. The van der Waals surface area contributed by atoms with Gasteiger partial charge < -0.3 is 19.3 Å². The van der Waals surface area contributed by atoms with Gasteiger partial charge in [-0.1, -0.05) is 13.5 Å². The van der Waals surface area contributed by atoms with Crippen LogP contribution in [-0.4, -0.2) is 42.3 Å². The third-order valence-corrected chi connectivity index (χ3v) is 6.08. The van der Waals surface area contributed by atoms with Crippen LogP contribution in [0.5, 0.6) is 0 Å². The summed E-state index contributed by atoms with van der Waals surface area (Å²) in [6.45, 7) is 8.55. The van der Waals surface area contributed by atoms with E-state index in [-0.39, 0.29) is 19.1 Å². The summed E-state index contributed by atoms with van der Waals surface area (Å²) in [5.41, 5.74) is 0.230. The van der Waals surface area contributed by atoms with Crippen LogP contribution in [0, 0.1) is 17.8 Å². The summed E-state index contributed by atoms with van der Waals surface area (Å²) >= 11 is 0. The van der Waals surface area contributed by atoms with E-state index >= 15 is 0 Å². The van der Waals surface area contributed by atoms with Gasteiger partial charge in [0.05, 0.1) is 13.2 Å². The van der Waals surface area contributed by atoms with Crippen LogP contribution in [-0.2, 0) is 24.0 Å². The fraction of sp³-hybridized carbons (Fsp3) is 0.882. The van der Waals surface area contributed by atoms with Crippen LogP contribution in [0.3, 0.4) is 0 Å². The Kier molecular flexibility index (Phi) is 3.83. The van der Waals surface area contributed by atoms with Gasteiger partial charge in [-0.3, -0.25) is 0 Å². The molecule has 1 saturated carbocycles. The lowest BCUT2D eigenvalue weighted by molar-refractivity contribution is -0.567. The van der Waals surface area contributed by atoms with E-state index in [1.54, 1.807) is 0 Å². The molecule has 0 aromatic heterocycles. The van der Waals surface area contributed by atoms with Gasteiger partial charge in [-0.05, 0) is 43.6 Å². The molecule has 0 amide bonds. The van der Waals surface area contributed by atoms with Crippen molar-refractivity contribution >= 4 is 0 Å². The number of aliphatic hydroxyl groups is 1. The highest BCUT2D eigenvalue weighted by molar-refractivity contribution is 5.21. The Hall–Kier alpha value is -0.500. The third-order valence-electron chi connectivity index (χ3n) is 6.08. The lowest BCUT2D eigenvalue weighted by Crippen LogP contribution is -2.69. The van der Waals surface area contributed by atoms with Crippen LogP contribution in [0.25, 0.3) is 0 Å². The Morgan fingerprint density at radius 1 is 1.30 bits per heavy atom. The van der Waals surface area contributed by atoms with E-state index in [0.29, 0.717) is 11.8 Å². The number of hydrogen-bond acceptors (Lipinski definition) is 6. The molecule has 23 heavy (non-hydrogen) atoms. The summed E-state index contributed by atoms with van der Waals surface area (Å²) in [5.74, 6) is 0.130. The normalized spacial score (nSPS) is 52.1. The van der Waals surface area contributed by atoms with E-state index in [0.717, 1.165) is 31.3 Å². The molecule has 2 bridgehead atoms. The van der Waals surface area contributed by atoms with Crippen molar-refractivity contribution in [3.8, 4) is 0 Å². The number of aliphatic hydroxyl groups excluding tert-OH is 1. The highest BCUT2D eigenvalue weighted by Crippen LogP contribution is 2.60. The predicted octanol–water partition coefficient (Wildman–Crippen LogP) is 2.12. The van der Waals surface area contributed by atoms with Gasteiger partial charge in [0.15, 0.2) is 18.2 Å². The predicted molar refractivity (Wildman–Crippen MR) is 79.8 cm³/mol. The Balaban J connectivity index is 1.72. The summed E-state index contributed by atoms with van der Waals surface area (Å²) in [6.07, 6.45) is 2.75. The summed E-state index contributed by atoms with van der Waals surface area (Å²) < 4.78 is 17.9. The molecule has 0 aromatic rings. The van der Waals surface area contributed by atoms with Crippen LogP contribution in [0.1, 0.15) is 39.5 Å². The molecule has 6 heteroatoms. The summed E-state index contributed by atoms with van der Waals surface area (Å²) in [7, 11) is 0. The number of fused-ring (bicyclic) bond motifs is 2. The molecule has 0 aromatic carbocycles. The van der Waals surface area contributed by atoms with E-state index in [4.69, 9.17) is 29.1 Å². The van der Waals surface area contributed by atoms with Crippen LogP contribution < -0.4 is 0 Å². The van der Waals surface area contributed by atoms with Crippen molar-refractivity contribution in [2.45, 2.75) is 63.5 Å². The number of ether oxygens (including phenoxy) is 3. The smallest absolute Gasteiger partial charge is 0.201 e. The van der Waals surface area contributed by atoms with Gasteiger partial charge in [0.2, 0.25) is 5.79 Å². The van der Waals surface area contributed by atoms with Crippen molar-refractivity contribution in [3.63, 3.8) is 0 Å². The van der Waals surface area contributed by atoms with Gasteiger partial charge in [0, 0.05) is 12.3 Å². The average molecular weight is 326 g/mol. The molecule has 4 saturated heterocycles. The highest BCUT2D eigenvalue weighted by Gasteiger charge is 2.68. The zero-order valence-electron chi connectivity index (χ0n) is 13.8. The van der Waals surface area contributed by atoms with Crippen LogP contribution in [0.2, 0.25) is 0 Å². The minimum Gasteiger partial charge on any atom is -0.394 e. The lowest BCUT2D eigenvalue weighted by Gasteiger charge is -2.58. The molecule has 7 atom stereocenters. The Morgan fingerprint density at radius 3 is 2.91 bits per heavy atom. The zero-order valence-corrected chi connectivity index (χ0v) is 13.8. The quantitative estimate of drug-likeness (QED) is 0.633. The molecule has 5 aliphatic rings. The SMILES string of the molecule is C=C1[C@@H](OCCO)O[C@@H]2O[C@]3(C)CC[C@H]4[C@H](C)CC[C@@H]1C24OO3. The first-order chi connectivity index (χ1) is 11.0. The standard InChI is InChI=1S/C17H26O6/c1-10-4-5-13-11(2)14(19-9-8-18)20-15-17(13)12(10)6-7-16(3,21-15)22-23-17/h10,12-15,18H,2,4-9H2,1,3H3/t10-,12+,13+,14+,15-,16+,17?/m1/s1. The maximum Gasteiger partial charge on any atom is 0.201 e. The van der Waals surface area contributed by atoms with Gasteiger partial charge in [-0.15, -0.1) is 0 Å². The van der Waals surface area contributed by atoms with Crippen molar-refractivity contribution in [2.75, 3.05) is 13.2 Å². The minimum atomic E-state index is -0.780. The average Bonchev–Trinajstić information content (AvgIpc) is 2.76. The van der Waals surface area contributed by atoms with Crippen molar-refractivity contribution in [2.24, 2.45) is 17.8 Å². The summed E-state index contributed by atoms with van der Waals surface area (Å²) in [4.78, 5) is 11.7. The molecule has 4 heterocycles. The molecule has 1 spiro atoms. The second kappa shape index (κ2) is 5.51. The first-order valence-electron chi connectivity index (χ1n) is 8.61. The highest BCUT2D eigenvalue weighted by atomic mass is 17.3. The summed E-state index contributed by atoms with van der Waals surface area (Å²) in [5, 5.41) is 9.03. The van der Waals surface area contributed by atoms with Crippen LogP contribution >= 0.6 is 0 Å². The Labute approximate surface area is 136 Å².